The number of carbonyl (C=O) groups excluding carboxylic acids is 6. The Morgan fingerprint density at radius 1 is 0.955 bits per heavy atom. The zero-order valence-electron chi connectivity index (χ0n) is 38.0. The van der Waals surface area contributed by atoms with Gasteiger partial charge in [-0.1, -0.05) is 37.8 Å². The van der Waals surface area contributed by atoms with Crippen LogP contribution in [0.1, 0.15) is 108 Å². The van der Waals surface area contributed by atoms with Crippen molar-refractivity contribution in [1.82, 2.24) is 35.5 Å². The average molecular weight is 952 g/mol. The highest BCUT2D eigenvalue weighted by atomic mass is 32.2. The Balaban J connectivity index is 1.03. The molecule has 5 fully saturated rings. The average Bonchev–Trinajstić information content (AvgIpc) is 3.96. The van der Waals surface area contributed by atoms with E-state index in [1.54, 1.807) is 38.2 Å². The van der Waals surface area contributed by atoms with E-state index in [-0.39, 0.29) is 55.9 Å². The van der Waals surface area contributed by atoms with Crippen LogP contribution in [0.4, 0.5) is 9.59 Å². The first kappa shape index (κ1) is 47.3. The molecule has 0 spiro atoms. The topological polar surface area (TPSA) is 232 Å². The summed E-state index contributed by atoms with van der Waals surface area (Å²) in [6, 6.07) is 5.06. The van der Waals surface area contributed by atoms with E-state index in [1.165, 1.54) is 16.2 Å². The molecule has 0 bridgehead atoms. The molecule has 358 valence electrons. The third-order valence-corrected chi connectivity index (χ3v) is 16.3. The number of nitrogens with one attached hydrogen (secondary N) is 4. The fraction of sp³-hybridized carbons (Fsp3) is 0.630. The second-order valence-electron chi connectivity index (χ2n) is 19.7. The number of rotatable bonds is 10. The summed E-state index contributed by atoms with van der Waals surface area (Å²) in [5.41, 5.74) is -1.70. The molecule has 3 aliphatic heterocycles. The van der Waals surface area contributed by atoms with Crippen molar-refractivity contribution in [3.8, 4) is 17.0 Å². The molecule has 3 saturated carbocycles. The molecule has 0 unspecified atom stereocenters. The number of methoxy groups -OCH3 is 1. The van der Waals surface area contributed by atoms with Crippen LogP contribution in [0.3, 0.4) is 0 Å². The number of nitrogens with zero attached hydrogens (tertiary/aromatic N) is 3. The molecule has 1 aromatic carbocycles. The van der Waals surface area contributed by atoms with E-state index in [2.05, 4.69) is 25.7 Å². The van der Waals surface area contributed by atoms with E-state index < -0.39 is 85.8 Å². The van der Waals surface area contributed by atoms with Crippen molar-refractivity contribution in [2.24, 2.45) is 17.8 Å². The van der Waals surface area contributed by atoms with Gasteiger partial charge < -0.3 is 40.0 Å². The van der Waals surface area contributed by atoms with Gasteiger partial charge >= 0.3 is 12.2 Å². The standard InChI is InChI=1S/C46H61N7O11S2/c1-44(2,3)64-43(59)50-45(20-10-11-21-45)27-63-42(58)48-34-13-9-7-5-6-8-12-30-22-46(30,41(57)51-66(60,61)32-18-19-32)49-37(54)36-33-25-52(23-29(33)24-53(36)39(34)55)40(56)38-47-35(26-65-38)28-14-16-31(62-4)17-15-28/h8,12,14-17,26,29-30,32-34,36H,5-7,9-11,13,18-25,27H2,1-4H3,(H,48,58)(H,49,54)(H,50,59)(H,51,57)/b12-8-/t29-,30+,33-,34-,36-,46-/m0/s1. The first-order chi connectivity index (χ1) is 31.4. The molecule has 1 aromatic heterocycles. The number of amides is 6. The fourth-order valence-corrected chi connectivity index (χ4v) is 12.1. The highest BCUT2D eigenvalue weighted by Gasteiger charge is 2.63. The Morgan fingerprint density at radius 2 is 1.70 bits per heavy atom. The minimum atomic E-state index is -3.95. The van der Waals surface area contributed by atoms with Gasteiger partial charge in [-0.25, -0.2) is 23.0 Å². The molecule has 3 aliphatic carbocycles. The van der Waals surface area contributed by atoms with Crippen LogP contribution in [0, 0.1) is 17.8 Å². The number of hydrogen-bond acceptors (Lipinski definition) is 13. The molecule has 2 saturated heterocycles. The van der Waals surface area contributed by atoms with Gasteiger partial charge in [0.15, 0.2) is 5.01 Å². The van der Waals surface area contributed by atoms with Crippen LogP contribution >= 0.6 is 11.3 Å². The summed E-state index contributed by atoms with van der Waals surface area (Å²) >= 11 is 1.21. The third kappa shape index (κ3) is 10.5. The number of fused-ring (bicyclic) bond motifs is 4. The molecule has 6 aliphatic rings. The summed E-state index contributed by atoms with van der Waals surface area (Å²) in [6.07, 6.45) is 9.06. The molecule has 8 rings (SSSR count). The van der Waals surface area contributed by atoms with Crippen molar-refractivity contribution in [3.05, 3.63) is 46.8 Å². The number of sulfonamides is 1. The zero-order valence-corrected chi connectivity index (χ0v) is 39.6. The lowest BCUT2D eigenvalue weighted by Gasteiger charge is -2.33. The fourth-order valence-electron chi connectivity index (χ4n) is 9.90. The number of ether oxygens (including phenoxy) is 3. The lowest BCUT2D eigenvalue weighted by molar-refractivity contribution is -0.142. The summed E-state index contributed by atoms with van der Waals surface area (Å²) < 4.78 is 44.8. The van der Waals surface area contributed by atoms with Gasteiger partial charge in [-0.05, 0) is 96.4 Å². The van der Waals surface area contributed by atoms with E-state index in [0.717, 1.165) is 24.8 Å². The maximum Gasteiger partial charge on any atom is 0.408 e. The van der Waals surface area contributed by atoms with Crippen molar-refractivity contribution in [1.29, 1.82) is 0 Å². The molecule has 6 amide bonds. The lowest BCUT2D eigenvalue weighted by atomic mass is 9.93. The minimum absolute atomic E-state index is 0.0784. The quantitative estimate of drug-likeness (QED) is 0.239. The van der Waals surface area contributed by atoms with Gasteiger partial charge in [-0.3, -0.25) is 23.9 Å². The Bertz CT molecular complexity index is 2340. The summed E-state index contributed by atoms with van der Waals surface area (Å²) in [5.74, 6) is -3.01. The predicted molar refractivity (Wildman–Crippen MR) is 243 cm³/mol. The zero-order chi connectivity index (χ0) is 47.0. The molecular weight excluding hydrogens is 891 g/mol. The first-order valence-electron chi connectivity index (χ1n) is 23.1. The summed E-state index contributed by atoms with van der Waals surface area (Å²) in [7, 11) is -2.37. The molecule has 66 heavy (non-hydrogen) atoms. The molecule has 2 aromatic rings. The van der Waals surface area contributed by atoms with Crippen molar-refractivity contribution in [2.45, 2.75) is 132 Å². The van der Waals surface area contributed by atoms with Crippen molar-refractivity contribution in [2.75, 3.05) is 33.4 Å². The van der Waals surface area contributed by atoms with Crippen LogP contribution in [-0.2, 0) is 33.9 Å². The summed E-state index contributed by atoms with van der Waals surface area (Å²) in [4.78, 5) is 92.0. The first-order valence-corrected chi connectivity index (χ1v) is 25.5. The summed E-state index contributed by atoms with van der Waals surface area (Å²) in [5, 5.41) is 10.0. The van der Waals surface area contributed by atoms with Crippen LogP contribution < -0.4 is 25.4 Å². The van der Waals surface area contributed by atoms with E-state index in [9.17, 15) is 37.2 Å². The van der Waals surface area contributed by atoms with Crippen molar-refractivity contribution in [3.63, 3.8) is 0 Å². The molecular formula is C46H61N7O11S2. The number of hydrogen-bond donors (Lipinski definition) is 4. The second kappa shape index (κ2) is 18.8. The second-order valence-corrected chi connectivity index (χ2v) is 22.6. The number of thiazole rings is 1. The minimum Gasteiger partial charge on any atom is -0.497 e. The van der Waals surface area contributed by atoms with Crippen LogP contribution in [0.15, 0.2) is 41.8 Å². The predicted octanol–water partition coefficient (Wildman–Crippen LogP) is 4.65. The number of benzene rings is 1. The monoisotopic (exact) mass is 951 g/mol. The van der Waals surface area contributed by atoms with E-state index in [0.29, 0.717) is 56.4 Å². The van der Waals surface area contributed by atoms with E-state index in [4.69, 9.17) is 14.2 Å². The normalized spacial score (nSPS) is 28.0. The van der Waals surface area contributed by atoms with Gasteiger partial charge in [0.1, 0.15) is 35.6 Å². The maximum absolute atomic E-state index is 14.9. The van der Waals surface area contributed by atoms with Crippen LogP contribution in [-0.4, -0.2) is 126 Å². The maximum atomic E-state index is 14.9. The van der Waals surface area contributed by atoms with Crippen LogP contribution in [0.25, 0.3) is 11.3 Å². The highest BCUT2D eigenvalue weighted by molar-refractivity contribution is 7.91. The van der Waals surface area contributed by atoms with Gasteiger partial charge in [-0.15, -0.1) is 11.3 Å². The largest absolute Gasteiger partial charge is 0.497 e. The molecule has 4 N–H and O–H groups in total. The SMILES string of the molecule is COc1ccc(-c2csc(C(=O)N3C[C@H]4CN5C(=O)[C@@H](NC(=O)OCC6(NC(=O)OC(C)(C)C)CCCC6)CCCCC/C=C\[C@@H]6C[C@]6(C(=O)NS(=O)(=O)C6CC6)NC(=O)[C@@H]5[C@H]4C3)n2)cc1. The van der Waals surface area contributed by atoms with Crippen molar-refractivity contribution >= 4 is 57.2 Å². The molecule has 18 nitrogen and oxygen atoms in total. The van der Waals surface area contributed by atoms with Gasteiger partial charge in [0.2, 0.25) is 21.8 Å². The molecule has 4 heterocycles. The number of allylic oxidation sites excluding steroid dienone is 1. The molecule has 6 atom stereocenters. The number of carbonyl (C=O) groups is 6. The number of likely N-dealkylation sites (tertiary alicyclic amines) is 1. The Morgan fingerprint density at radius 3 is 2.39 bits per heavy atom. The van der Waals surface area contributed by atoms with E-state index in [1.807, 2.05) is 36.4 Å². The number of aromatic nitrogens is 1. The Labute approximate surface area is 389 Å². The smallest absolute Gasteiger partial charge is 0.408 e. The highest BCUT2D eigenvalue weighted by Crippen LogP contribution is 2.47. The van der Waals surface area contributed by atoms with Gasteiger partial charge in [0.25, 0.3) is 11.8 Å². The van der Waals surface area contributed by atoms with Gasteiger partial charge in [-0.2, -0.15) is 0 Å². The number of alkyl carbamates (subject to hydrolysis) is 2. The van der Waals surface area contributed by atoms with Gasteiger partial charge in [0.05, 0.1) is 23.6 Å². The Hall–Kier alpha value is -5.24. The third-order valence-electron chi connectivity index (χ3n) is 13.7. The Kier molecular flexibility index (Phi) is 13.5. The molecule has 0 radical (unpaired) electrons. The lowest BCUT2D eigenvalue weighted by Crippen LogP contribution is -2.60. The van der Waals surface area contributed by atoms with E-state index >= 15 is 0 Å². The van der Waals surface area contributed by atoms with Gasteiger partial charge in [0, 0.05) is 48.3 Å². The van der Waals surface area contributed by atoms with Crippen LogP contribution in [0.5, 0.6) is 5.75 Å². The van der Waals surface area contributed by atoms with Crippen LogP contribution in [0.2, 0.25) is 0 Å². The van der Waals surface area contributed by atoms with Crippen molar-refractivity contribution < 1.29 is 51.4 Å². The molecule has 20 heteroatoms. The summed E-state index contributed by atoms with van der Waals surface area (Å²) in [6.45, 7) is 5.55.